The van der Waals surface area contributed by atoms with Gasteiger partial charge in [-0.15, -0.1) is 19.7 Å². The van der Waals surface area contributed by atoms with Gasteiger partial charge < -0.3 is 0 Å². The molecule has 1 fully saturated rings. The predicted octanol–water partition coefficient (Wildman–Crippen LogP) is 17.3. The molecule has 0 N–H and O–H groups in total. The lowest BCUT2D eigenvalue weighted by Gasteiger charge is -2.26. The molecule has 0 amide bonds. The second kappa shape index (κ2) is 186. The molecule has 1 aliphatic rings. The van der Waals surface area contributed by atoms with Crippen molar-refractivity contribution in [1.82, 2.24) is 0 Å². The third-order valence-corrected chi connectivity index (χ3v) is 3.01. The van der Waals surface area contributed by atoms with E-state index in [-0.39, 0.29) is 0 Å². The second-order valence-corrected chi connectivity index (χ2v) is 5.49. The summed E-state index contributed by atoms with van der Waals surface area (Å²) in [5, 5.41) is 0. The van der Waals surface area contributed by atoms with E-state index < -0.39 is 0 Å². The van der Waals surface area contributed by atoms with E-state index >= 15 is 0 Å². The van der Waals surface area contributed by atoms with Gasteiger partial charge in [0.1, 0.15) is 0 Å². The van der Waals surface area contributed by atoms with Crippen LogP contribution in [0.5, 0.6) is 0 Å². The minimum atomic E-state index is 0.648. The first-order valence-electron chi connectivity index (χ1n) is 17.7. The summed E-state index contributed by atoms with van der Waals surface area (Å²) in [7, 11) is 0. The molecule has 0 bridgehead atoms. The van der Waals surface area contributed by atoms with Gasteiger partial charge in [0.15, 0.2) is 0 Å². The summed E-state index contributed by atoms with van der Waals surface area (Å²) in [6, 6.07) is 0. The molecule has 1 unspecified atom stereocenters. The van der Waals surface area contributed by atoms with Gasteiger partial charge in [-0.05, 0) is 30.6 Å². The van der Waals surface area contributed by atoms with Crippen LogP contribution >= 0.6 is 0 Å². The van der Waals surface area contributed by atoms with E-state index in [1.54, 1.807) is 0 Å². The van der Waals surface area contributed by atoms with Gasteiger partial charge in [-0.25, -0.2) is 0 Å². The number of allylic oxidation sites excluding steroid dienone is 2. The Labute approximate surface area is 261 Å². The van der Waals surface area contributed by atoms with Gasteiger partial charge in [0.2, 0.25) is 0 Å². The van der Waals surface area contributed by atoms with Crippen molar-refractivity contribution >= 4 is 0 Å². The lowest BCUT2D eigenvalue weighted by atomic mass is 9.80. The number of hydrogen-bond acceptors (Lipinski definition) is 0. The highest BCUT2D eigenvalue weighted by Crippen LogP contribution is 2.31. The average Bonchev–Trinajstić information content (AvgIpc) is 3.07. The van der Waals surface area contributed by atoms with Crippen molar-refractivity contribution in [3.8, 4) is 0 Å². The van der Waals surface area contributed by atoms with E-state index in [1.165, 1.54) is 31.3 Å². The van der Waals surface area contributed by atoms with E-state index in [0.717, 1.165) is 11.8 Å². The third kappa shape index (κ3) is 199. The number of rotatable bonds is 1. The van der Waals surface area contributed by atoms with Crippen LogP contribution in [0, 0.1) is 17.8 Å². The molecule has 254 valence electrons. The lowest BCUT2D eigenvalue weighted by Crippen LogP contribution is -2.13. The highest BCUT2D eigenvalue weighted by Gasteiger charge is 2.18. The van der Waals surface area contributed by atoms with Gasteiger partial charge >= 0.3 is 0 Å². The van der Waals surface area contributed by atoms with Gasteiger partial charge in [0.05, 0.1) is 0 Å². The Morgan fingerprint density at radius 3 is 0.769 bits per heavy atom. The van der Waals surface area contributed by atoms with E-state index in [2.05, 4.69) is 67.9 Å². The zero-order valence-corrected chi connectivity index (χ0v) is 34.5. The molecule has 0 nitrogen and oxygen atoms in total. The number of hydrogen-bond donors (Lipinski definition) is 0. The van der Waals surface area contributed by atoms with Gasteiger partial charge in [0, 0.05) is 0 Å². The zero-order valence-electron chi connectivity index (χ0n) is 34.5. The van der Waals surface area contributed by atoms with Crippen molar-refractivity contribution in [1.29, 1.82) is 0 Å². The van der Waals surface area contributed by atoms with Crippen molar-refractivity contribution in [3.63, 3.8) is 0 Å². The van der Waals surface area contributed by atoms with Crippen molar-refractivity contribution in [2.75, 3.05) is 0 Å². The maximum absolute atomic E-state index is 4.08. The summed E-state index contributed by atoms with van der Waals surface area (Å²) < 4.78 is 0. The molecule has 0 aromatic carbocycles. The third-order valence-electron chi connectivity index (χ3n) is 3.01. The normalized spacial score (nSPS) is 11.7. The molecule has 0 aromatic heterocycles. The molecule has 0 spiro atoms. The van der Waals surface area contributed by atoms with E-state index in [9.17, 15) is 0 Å². The van der Waals surface area contributed by atoms with Crippen LogP contribution in [0.4, 0.5) is 0 Å². The minimum Gasteiger partial charge on any atom is -0.106 e. The molecule has 1 aliphatic carbocycles. The van der Waals surface area contributed by atoms with Crippen LogP contribution in [0.1, 0.15) is 206 Å². The SMILES string of the molecule is C=C.C=C1C(C)CCC[C@H]1C.C=CC(C)C.CC.CC.CC.CC.CC.CC.CC.CC.CC.CC.CCC. The molecule has 1 rings (SSSR count). The van der Waals surface area contributed by atoms with E-state index in [4.69, 9.17) is 0 Å². The maximum Gasteiger partial charge on any atom is -0.0232 e. The maximum atomic E-state index is 4.08. The average molecular weight is 567 g/mol. The predicted molar refractivity (Wildman–Crippen MR) is 207 cm³/mol. The Hall–Kier alpha value is -0.780. The summed E-state index contributed by atoms with van der Waals surface area (Å²) in [5.74, 6) is 2.22. The molecule has 39 heavy (non-hydrogen) atoms. The molecular weight excluding hydrogens is 468 g/mol. The molecule has 0 heteroatoms. The van der Waals surface area contributed by atoms with Crippen LogP contribution in [0.15, 0.2) is 38.0 Å². The van der Waals surface area contributed by atoms with Crippen LogP contribution in [-0.4, -0.2) is 0 Å². The smallest absolute Gasteiger partial charge is 0.0232 e. The first-order chi connectivity index (χ1) is 18.9. The molecule has 0 aliphatic heterocycles. The molecule has 0 aromatic rings. The van der Waals surface area contributed by atoms with E-state index in [0.29, 0.717) is 5.92 Å². The Kier molecular flexibility index (Phi) is 396. The summed E-state index contributed by atoms with van der Waals surface area (Å²) in [5.41, 5.74) is 1.47. The highest BCUT2D eigenvalue weighted by molar-refractivity contribution is 5.05. The monoisotopic (exact) mass is 567 g/mol. The van der Waals surface area contributed by atoms with Gasteiger partial charge in [0.25, 0.3) is 0 Å². The lowest BCUT2D eigenvalue weighted by molar-refractivity contribution is 0.406. The van der Waals surface area contributed by atoms with Crippen LogP contribution in [0.25, 0.3) is 0 Å². The van der Waals surface area contributed by atoms with Crippen molar-refractivity contribution in [3.05, 3.63) is 38.0 Å². The van der Waals surface area contributed by atoms with Gasteiger partial charge in [-0.3, -0.25) is 0 Å². The Morgan fingerprint density at radius 1 is 0.564 bits per heavy atom. The fourth-order valence-corrected chi connectivity index (χ4v) is 1.59. The summed E-state index contributed by atoms with van der Waals surface area (Å²) >= 11 is 0. The molecular formula is C39H98. The van der Waals surface area contributed by atoms with Crippen LogP contribution in [-0.2, 0) is 0 Å². The van der Waals surface area contributed by atoms with Gasteiger partial charge in [-0.2, -0.15) is 0 Å². The molecule has 2 atom stereocenters. The topological polar surface area (TPSA) is 0 Å². The fraction of sp³-hybridized carbons (Fsp3) is 0.846. The largest absolute Gasteiger partial charge is 0.106 e. The summed E-state index contributed by atoms with van der Waals surface area (Å²) in [6.45, 7) is 66.7. The molecule has 0 radical (unpaired) electrons. The second-order valence-electron chi connectivity index (χ2n) is 5.49. The Morgan fingerprint density at radius 2 is 0.692 bits per heavy atom. The van der Waals surface area contributed by atoms with Crippen LogP contribution < -0.4 is 0 Å². The molecule has 1 saturated carbocycles. The van der Waals surface area contributed by atoms with Crippen LogP contribution in [0.2, 0.25) is 0 Å². The Bertz CT molecular complexity index is 188. The molecule has 0 heterocycles. The van der Waals surface area contributed by atoms with Gasteiger partial charge in [-0.1, -0.05) is 211 Å². The van der Waals surface area contributed by atoms with Crippen molar-refractivity contribution < 1.29 is 0 Å². The van der Waals surface area contributed by atoms with Crippen molar-refractivity contribution in [2.24, 2.45) is 17.8 Å². The summed E-state index contributed by atoms with van der Waals surface area (Å²) in [4.78, 5) is 0. The zero-order chi connectivity index (χ0) is 35.8. The first kappa shape index (κ1) is 83.2. The first-order valence-corrected chi connectivity index (χ1v) is 17.7. The van der Waals surface area contributed by atoms with Crippen LogP contribution in [0.3, 0.4) is 0 Å². The Balaban J connectivity index is -0.0000000182. The minimum absolute atomic E-state index is 0.648. The summed E-state index contributed by atoms with van der Waals surface area (Å²) in [6.07, 6.45) is 7.30. The standard InChI is InChI=1S/C9H16.C5H10.C3H8.10C2H6.C2H4/c1-7-5-4-6-8(2)9(7)3;1-4-5(2)3;1-3-2;11*1-2/h7-8H,3-6H2,1-2H3;4-5H,1H2,2-3H3;3H2,1-2H3;10*1-2H3;1-2H2/t7-,8?;;;;;;;;;;;;;/m1............./s1. The van der Waals surface area contributed by atoms with Crippen molar-refractivity contribution in [2.45, 2.75) is 206 Å². The van der Waals surface area contributed by atoms with E-state index in [1.807, 2.05) is 145 Å². The fourth-order valence-electron chi connectivity index (χ4n) is 1.59. The highest BCUT2D eigenvalue weighted by atomic mass is 14.2. The molecule has 0 saturated heterocycles. The quantitative estimate of drug-likeness (QED) is 0.277.